The van der Waals surface area contributed by atoms with Crippen LogP contribution < -0.4 is 10.6 Å². The first-order valence-corrected chi connectivity index (χ1v) is 4.21. The molecule has 1 aliphatic rings. The fourth-order valence-corrected chi connectivity index (χ4v) is 1.46. The quantitative estimate of drug-likeness (QED) is 0.687. The predicted octanol–water partition coefficient (Wildman–Crippen LogP) is 1.02. The molecule has 0 aliphatic carbocycles. The molecule has 1 saturated heterocycles. The molecule has 3 nitrogen and oxygen atoms in total. The second-order valence-electron chi connectivity index (χ2n) is 2.69. The van der Waals surface area contributed by atoms with Gasteiger partial charge in [0.1, 0.15) is 0 Å². The van der Waals surface area contributed by atoms with Gasteiger partial charge < -0.3 is 10.6 Å². The van der Waals surface area contributed by atoms with Gasteiger partial charge in [-0.3, -0.25) is 4.98 Å². The second-order valence-corrected chi connectivity index (χ2v) is 3.10. The lowest BCUT2D eigenvalue weighted by Crippen LogP contribution is -2.21. The Hall–Kier alpha value is -0.870. The second kappa shape index (κ2) is 4.39. The van der Waals surface area contributed by atoms with E-state index in [4.69, 9.17) is 12.2 Å². The third-order valence-corrected chi connectivity index (χ3v) is 2.12. The van der Waals surface area contributed by atoms with Gasteiger partial charge in [0.25, 0.3) is 0 Å². The Morgan fingerprint density at radius 1 is 1.54 bits per heavy atom. The zero-order valence-corrected chi connectivity index (χ0v) is 8.49. The van der Waals surface area contributed by atoms with Crippen LogP contribution in [0.15, 0.2) is 24.5 Å². The Morgan fingerprint density at radius 3 is 2.92 bits per heavy atom. The van der Waals surface area contributed by atoms with Gasteiger partial charge in [-0.15, -0.1) is 12.4 Å². The zero-order chi connectivity index (χ0) is 8.39. The predicted molar refractivity (Wildman–Crippen MR) is 58.0 cm³/mol. The minimum atomic E-state index is 0. The molecule has 0 bridgehead atoms. The van der Waals surface area contributed by atoms with Crippen LogP contribution in [0, 0.1) is 0 Å². The Labute approximate surface area is 88.4 Å². The number of rotatable bonds is 1. The minimum absolute atomic E-state index is 0. The molecule has 2 N–H and O–H groups in total. The number of aromatic nitrogens is 1. The molecule has 5 heteroatoms. The van der Waals surface area contributed by atoms with Crippen molar-refractivity contribution in [3.63, 3.8) is 0 Å². The molecule has 13 heavy (non-hydrogen) atoms. The van der Waals surface area contributed by atoms with Crippen molar-refractivity contribution in [1.29, 1.82) is 0 Å². The summed E-state index contributed by atoms with van der Waals surface area (Å²) < 4.78 is 0. The van der Waals surface area contributed by atoms with Crippen molar-refractivity contribution >= 4 is 29.7 Å². The molecule has 1 unspecified atom stereocenters. The van der Waals surface area contributed by atoms with Gasteiger partial charge in [-0.1, -0.05) is 6.07 Å². The van der Waals surface area contributed by atoms with Gasteiger partial charge in [-0.2, -0.15) is 0 Å². The average molecular weight is 216 g/mol. The summed E-state index contributed by atoms with van der Waals surface area (Å²) in [4.78, 5) is 4.04. The van der Waals surface area contributed by atoms with E-state index in [-0.39, 0.29) is 18.4 Å². The highest BCUT2D eigenvalue weighted by Gasteiger charge is 2.18. The molecular weight excluding hydrogens is 206 g/mol. The maximum atomic E-state index is 4.95. The van der Waals surface area contributed by atoms with Gasteiger partial charge in [0.05, 0.1) is 6.04 Å². The van der Waals surface area contributed by atoms with E-state index in [1.807, 2.05) is 18.3 Å². The fraction of sp³-hybridized carbons (Fsp3) is 0.250. The van der Waals surface area contributed by atoms with Crippen molar-refractivity contribution in [2.75, 3.05) is 6.54 Å². The van der Waals surface area contributed by atoms with Crippen molar-refractivity contribution in [2.45, 2.75) is 6.04 Å². The molecular formula is C8H10ClN3S. The van der Waals surface area contributed by atoms with E-state index in [0.29, 0.717) is 0 Å². The number of thiocarbonyl (C=S) groups is 1. The van der Waals surface area contributed by atoms with Crippen LogP contribution in [0.3, 0.4) is 0 Å². The third-order valence-electron chi connectivity index (χ3n) is 1.86. The maximum Gasteiger partial charge on any atom is 0.166 e. The van der Waals surface area contributed by atoms with Gasteiger partial charge in [0, 0.05) is 18.9 Å². The standard InChI is InChI=1S/C8H9N3S.ClH/c12-8-10-5-7(11-8)6-2-1-3-9-4-6;/h1-4,7H,5H2,(H2,10,11,12);1H. The Morgan fingerprint density at radius 2 is 2.38 bits per heavy atom. The summed E-state index contributed by atoms with van der Waals surface area (Å²) in [5.74, 6) is 0. The van der Waals surface area contributed by atoms with Crippen LogP contribution in [0.4, 0.5) is 0 Å². The number of halogens is 1. The maximum absolute atomic E-state index is 4.95. The van der Waals surface area contributed by atoms with Gasteiger partial charge in [0.2, 0.25) is 0 Å². The molecule has 1 atom stereocenters. The van der Waals surface area contributed by atoms with E-state index in [1.165, 1.54) is 5.56 Å². The first-order chi connectivity index (χ1) is 5.86. The molecule has 1 aromatic heterocycles. The van der Waals surface area contributed by atoms with E-state index in [2.05, 4.69) is 15.6 Å². The van der Waals surface area contributed by atoms with Crippen LogP contribution >= 0.6 is 24.6 Å². The molecule has 0 radical (unpaired) electrons. The third kappa shape index (κ3) is 2.29. The molecule has 70 valence electrons. The zero-order valence-electron chi connectivity index (χ0n) is 6.86. The number of nitrogens with one attached hydrogen (secondary N) is 2. The highest BCUT2D eigenvalue weighted by Crippen LogP contribution is 2.12. The molecule has 2 heterocycles. The van der Waals surface area contributed by atoms with Gasteiger partial charge in [-0.05, 0) is 23.8 Å². The van der Waals surface area contributed by atoms with Crippen LogP contribution in [0.25, 0.3) is 0 Å². The van der Waals surface area contributed by atoms with E-state index in [1.54, 1.807) is 6.20 Å². The topological polar surface area (TPSA) is 37.0 Å². The number of pyridine rings is 1. The lowest BCUT2D eigenvalue weighted by atomic mass is 10.1. The van der Waals surface area contributed by atoms with Crippen LogP contribution in [-0.4, -0.2) is 16.6 Å². The SMILES string of the molecule is Cl.S=C1NCC(c2cccnc2)N1. The molecule has 1 aromatic rings. The minimum Gasteiger partial charge on any atom is -0.360 e. The van der Waals surface area contributed by atoms with E-state index in [9.17, 15) is 0 Å². The Bertz CT molecular complexity index is 291. The Balaban J connectivity index is 0.000000845. The fourth-order valence-electron chi connectivity index (χ4n) is 1.24. The molecule has 0 saturated carbocycles. The molecule has 2 rings (SSSR count). The monoisotopic (exact) mass is 215 g/mol. The largest absolute Gasteiger partial charge is 0.360 e. The molecule has 1 fully saturated rings. The summed E-state index contributed by atoms with van der Waals surface area (Å²) >= 11 is 4.95. The first kappa shape index (κ1) is 10.2. The smallest absolute Gasteiger partial charge is 0.166 e. The van der Waals surface area contributed by atoms with Crippen molar-refractivity contribution in [3.05, 3.63) is 30.1 Å². The lowest BCUT2D eigenvalue weighted by Gasteiger charge is -2.07. The van der Waals surface area contributed by atoms with E-state index >= 15 is 0 Å². The summed E-state index contributed by atoms with van der Waals surface area (Å²) in [5.41, 5.74) is 1.17. The summed E-state index contributed by atoms with van der Waals surface area (Å²) in [6.07, 6.45) is 3.62. The van der Waals surface area contributed by atoms with Gasteiger partial charge >= 0.3 is 0 Å². The lowest BCUT2D eigenvalue weighted by molar-refractivity contribution is 0.703. The van der Waals surface area contributed by atoms with Gasteiger partial charge in [-0.25, -0.2) is 0 Å². The number of hydrogen-bond donors (Lipinski definition) is 2. The van der Waals surface area contributed by atoms with Crippen molar-refractivity contribution in [1.82, 2.24) is 15.6 Å². The normalized spacial score (nSPS) is 20.0. The van der Waals surface area contributed by atoms with Crippen LogP contribution in [0.2, 0.25) is 0 Å². The molecule has 1 aliphatic heterocycles. The highest BCUT2D eigenvalue weighted by molar-refractivity contribution is 7.80. The summed E-state index contributed by atoms with van der Waals surface area (Å²) in [5, 5.41) is 6.94. The van der Waals surface area contributed by atoms with Crippen molar-refractivity contribution in [3.8, 4) is 0 Å². The molecule has 0 aromatic carbocycles. The summed E-state index contributed by atoms with van der Waals surface area (Å²) in [6, 6.07) is 4.25. The average Bonchev–Trinajstić information content (AvgIpc) is 2.54. The number of nitrogens with zero attached hydrogens (tertiary/aromatic N) is 1. The highest BCUT2D eigenvalue weighted by atomic mass is 35.5. The molecule has 0 amide bonds. The Kier molecular flexibility index (Phi) is 3.45. The van der Waals surface area contributed by atoms with Crippen molar-refractivity contribution in [2.24, 2.45) is 0 Å². The summed E-state index contributed by atoms with van der Waals surface area (Å²) in [7, 11) is 0. The number of hydrogen-bond acceptors (Lipinski definition) is 2. The van der Waals surface area contributed by atoms with Crippen LogP contribution in [-0.2, 0) is 0 Å². The van der Waals surface area contributed by atoms with Gasteiger partial charge in [0.15, 0.2) is 5.11 Å². The van der Waals surface area contributed by atoms with Crippen molar-refractivity contribution < 1.29 is 0 Å². The van der Waals surface area contributed by atoms with E-state index < -0.39 is 0 Å². The first-order valence-electron chi connectivity index (χ1n) is 3.80. The summed E-state index contributed by atoms with van der Waals surface area (Å²) in [6.45, 7) is 0.852. The van der Waals surface area contributed by atoms with E-state index in [0.717, 1.165) is 11.7 Å². The molecule has 0 spiro atoms. The van der Waals surface area contributed by atoms with Crippen LogP contribution in [0.5, 0.6) is 0 Å². The van der Waals surface area contributed by atoms with Crippen LogP contribution in [0.1, 0.15) is 11.6 Å².